The van der Waals surface area contributed by atoms with Crippen LogP contribution in [0.3, 0.4) is 0 Å². The Morgan fingerprint density at radius 2 is 1.95 bits per heavy atom. The number of fused-ring (bicyclic) bond motifs is 1. The highest BCUT2D eigenvalue weighted by molar-refractivity contribution is 6.68. The maximum Gasteiger partial charge on any atom is 0.344 e. The molecule has 0 atom stereocenters. The lowest BCUT2D eigenvalue weighted by atomic mass is 10.1. The zero-order chi connectivity index (χ0) is 15.0. The van der Waals surface area contributed by atoms with Crippen molar-refractivity contribution in [2.24, 2.45) is 0 Å². The SMILES string of the molecule is COC(=O)c1c(C(=O)Cl)nc2cc(Cl)cc(Cl)c2c1O. The van der Waals surface area contributed by atoms with Crippen molar-refractivity contribution in [3.05, 3.63) is 33.4 Å². The first-order chi connectivity index (χ1) is 9.36. The Balaban J connectivity index is 2.97. The van der Waals surface area contributed by atoms with Crippen molar-refractivity contribution in [1.82, 2.24) is 4.98 Å². The van der Waals surface area contributed by atoms with E-state index in [-0.39, 0.29) is 20.9 Å². The van der Waals surface area contributed by atoms with Crippen LogP contribution in [0.4, 0.5) is 0 Å². The molecule has 0 aliphatic heterocycles. The average Bonchev–Trinajstić information content (AvgIpc) is 2.36. The minimum absolute atomic E-state index is 0.0798. The largest absolute Gasteiger partial charge is 0.506 e. The molecule has 8 heteroatoms. The number of hydrogen-bond donors (Lipinski definition) is 1. The number of carbonyl (C=O) groups excluding carboxylic acids is 2. The van der Waals surface area contributed by atoms with E-state index in [1.54, 1.807) is 0 Å². The molecule has 1 N–H and O–H groups in total. The number of methoxy groups -OCH3 is 1. The number of ether oxygens (including phenoxy) is 1. The monoisotopic (exact) mass is 333 g/mol. The van der Waals surface area contributed by atoms with Crippen LogP contribution in [0.1, 0.15) is 20.8 Å². The number of rotatable bonds is 2. The predicted molar refractivity (Wildman–Crippen MR) is 75.0 cm³/mol. The Bertz CT molecular complexity index is 745. The molecule has 1 heterocycles. The maximum atomic E-state index is 11.7. The summed E-state index contributed by atoms with van der Waals surface area (Å²) in [5, 5.41) is 9.58. The highest BCUT2D eigenvalue weighted by atomic mass is 35.5. The third kappa shape index (κ3) is 2.40. The van der Waals surface area contributed by atoms with Gasteiger partial charge >= 0.3 is 5.97 Å². The first-order valence-corrected chi connectivity index (χ1v) is 6.30. The molecule has 0 fully saturated rings. The zero-order valence-corrected chi connectivity index (χ0v) is 12.2. The lowest BCUT2D eigenvalue weighted by Crippen LogP contribution is -2.11. The van der Waals surface area contributed by atoms with Gasteiger partial charge in [0.05, 0.1) is 23.0 Å². The number of aromatic hydroxyl groups is 1. The summed E-state index contributed by atoms with van der Waals surface area (Å²) in [7, 11) is 1.10. The number of aromatic nitrogens is 1. The molecule has 1 aromatic heterocycles. The fourth-order valence-electron chi connectivity index (χ4n) is 1.73. The van der Waals surface area contributed by atoms with E-state index in [1.807, 2.05) is 0 Å². The van der Waals surface area contributed by atoms with Gasteiger partial charge in [0.2, 0.25) is 0 Å². The molecule has 2 rings (SSSR count). The van der Waals surface area contributed by atoms with E-state index in [0.29, 0.717) is 0 Å². The molecular formula is C12H6Cl3NO4. The molecule has 0 amide bonds. The molecule has 0 aliphatic rings. The zero-order valence-electron chi connectivity index (χ0n) is 9.91. The minimum atomic E-state index is -1.02. The van der Waals surface area contributed by atoms with Gasteiger partial charge in [-0.25, -0.2) is 9.78 Å². The van der Waals surface area contributed by atoms with E-state index >= 15 is 0 Å². The van der Waals surface area contributed by atoms with E-state index in [4.69, 9.17) is 34.8 Å². The number of halogens is 3. The van der Waals surface area contributed by atoms with Crippen LogP contribution in [0.25, 0.3) is 10.9 Å². The summed E-state index contributed by atoms with van der Waals surface area (Å²) in [4.78, 5) is 27.0. The van der Waals surface area contributed by atoms with Gasteiger partial charge in [-0.1, -0.05) is 23.2 Å². The third-order valence-corrected chi connectivity index (χ3v) is 3.25. The first kappa shape index (κ1) is 14.8. The normalized spacial score (nSPS) is 10.6. The van der Waals surface area contributed by atoms with Gasteiger partial charge in [-0.05, 0) is 23.7 Å². The van der Waals surface area contributed by atoms with Gasteiger partial charge < -0.3 is 9.84 Å². The summed E-state index contributed by atoms with van der Waals surface area (Å²) < 4.78 is 4.50. The second-order valence-corrected chi connectivity index (χ2v) is 4.92. The molecule has 0 spiro atoms. The second kappa shape index (κ2) is 5.44. The van der Waals surface area contributed by atoms with E-state index < -0.39 is 28.2 Å². The van der Waals surface area contributed by atoms with E-state index in [1.165, 1.54) is 12.1 Å². The van der Waals surface area contributed by atoms with Crippen molar-refractivity contribution in [1.29, 1.82) is 0 Å². The average molecular weight is 335 g/mol. The van der Waals surface area contributed by atoms with Crippen LogP contribution < -0.4 is 0 Å². The molecule has 0 radical (unpaired) electrons. The van der Waals surface area contributed by atoms with Crippen LogP contribution in [0, 0.1) is 0 Å². The van der Waals surface area contributed by atoms with Crippen LogP contribution >= 0.6 is 34.8 Å². The summed E-state index contributed by atoms with van der Waals surface area (Å²) in [5.74, 6) is -1.49. The molecule has 20 heavy (non-hydrogen) atoms. The smallest absolute Gasteiger partial charge is 0.344 e. The van der Waals surface area contributed by atoms with Gasteiger partial charge in [0.15, 0.2) is 0 Å². The molecule has 0 saturated carbocycles. The number of carbonyl (C=O) groups is 2. The van der Waals surface area contributed by atoms with Gasteiger partial charge in [-0.15, -0.1) is 0 Å². The summed E-state index contributed by atoms with van der Waals surface area (Å²) in [6.45, 7) is 0. The quantitative estimate of drug-likeness (QED) is 0.672. The van der Waals surface area contributed by atoms with Crippen molar-refractivity contribution >= 4 is 56.9 Å². The van der Waals surface area contributed by atoms with Crippen LogP contribution in [-0.2, 0) is 4.74 Å². The van der Waals surface area contributed by atoms with Gasteiger partial charge in [0.1, 0.15) is 17.0 Å². The molecule has 1 aromatic carbocycles. The Kier molecular flexibility index (Phi) is 4.04. The Morgan fingerprint density at radius 3 is 2.50 bits per heavy atom. The predicted octanol–water partition coefficient (Wildman–Crippen LogP) is 3.41. The number of nitrogens with zero attached hydrogens (tertiary/aromatic N) is 1. The summed E-state index contributed by atoms with van der Waals surface area (Å²) in [6, 6.07) is 2.75. The third-order valence-electron chi connectivity index (χ3n) is 2.55. The Morgan fingerprint density at radius 1 is 1.30 bits per heavy atom. The summed E-state index contributed by atoms with van der Waals surface area (Å²) in [5.41, 5.74) is -0.734. The molecule has 0 saturated heterocycles. The summed E-state index contributed by atoms with van der Waals surface area (Å²) >= 11 is 17.2. The Labute approximate surface area is 128 Å². The van der Waals surface area contributed by atoms with Crippen molar-refractivity contribution in [3.63, 3.8) is 0 Å². The van der Waals surface area contributed by atoms with Gasteiger partial charge in [-0.2, -0.15) is 0 Å². The second-order valence-electron chi connectivity index (χ2n) is 3.73. The number of benzene rings is 1. The lowest BCUT2D eigenvalue weighted by molar-refractivity contribution is 0.0594. The van der Waals surface area contributed by atoms with Crippen LogP contribution in [0.15, 0.2) is 12.1 Å². The van der Waals surface area contributed by atoms with Crippen molar-refractivity contribution in [3.8, 4) is 5.75 Å². The van der Waals surface area contributed by atoms with Gasteiger partial charge in [0.25, 0.3) is 5.24 Å². The fraction of sp³-hybridized carbons (Fsp3) is 0.0833. The minimum Gasteiger partial charge on any atom is -0.506 e. The molecule has 0 aliphatic carbocycles. The molecular weight excluding hydrogens is 328 g/mol. The molecule has 0 unspecified atom stereocenters. The summed E-state index contributed by atoms with van der Waals surface area (Å²) in [6.07, 6.45) is 0. The van der Waals surface area contributed by atoms with E-state index in [0.717, 1.165) is 7.11 Å². The number of pyridine rings is 1. The first-order valence-electron chi connectivity index (χ1n) is 5.16. The fourth-order valence-corrected chi connectivity index (χ4v) is 2.44. The number of hydrogen-bond acceptors (Lipinski definition) is 5. The van der Waals surface area contributed by atoms with Crippen LogP contribution in [0.2, 0.25) is 10.0 Å². The van der Waals surface area contributed by atoms with E-state index in [2.05, 4.69) is 9.72 Å². The van der Waals surface area contributed by atoms with Crippen LogP contribution in [0.5, 0.6) is 5.75 Å². The molecule has 0 bridgehead atoms. The topological polar surface area (TPSA) is 76.5 Å². The van der Waals surface area contributed by atoms with Crippen LogP contribution in [-0.4, -0.2) is 28.4 Å². The molecule has 5 nitrogen and oxygen atoms in total. The van der Waals surface area contributed by atoms with E-state index in [9.17, 15) is 14.7 Å². The van der Waals surface area contributed by atoms with Gasteiger partial charge in [0, 0.05) is 5.02 Å². The van der Waals surface area contributed by atoms with Crippen molar-refractivity contribution in [2.45, 2.75) is 0 Å². The molecule has 2 aromatic rings. The Hall–Kier alpha value is -1.56. The molecule has 104 valence electrons. The lowest BCUT2D eigenvalue weighted by Gasteiger charge is -2.10. The number of esters is 1. The maximum absolute atomic E-state index is 11.7. The van der Waals surface area contributed by atoms with Gasteiger partial charge in [-0.3, -0.25) is 4.79 Å². The highest BCUT2D eigenvalue weighted by Crippen LogP contribution is 2.37. The highest BCUT2D eigenvalue weighted by Gasteiger charge is 2.26. The van der Waals surface area contributed by atoms with Crippen molar-refractivity contribution < 1.29 is 19.4 Å². The van der Waals surface area contributed by atoms with Crippen molar-refractivity contribution in [2.75, 3.05) is 7.11 Å². The standard InChI is InChI=1S/C12H6Cl3NO4/c1-20-12(19)8-9(11(15)18)16-6-3-4(13)2-5(14)7(6)10(8)17/h2-3H,1H3,(H,16,17).